The van der Waals surface area contributed by atoms with Gasteiger partial charge in [-0.3, -0.25) is 9.05 Å². The Hall–Kier alpha value is 0.500. The zero-order chi connectivity index (χ0) is 6.91. The first-order valence-electron chi connectivity index (χ1n) is 2.65. The van der Waals surface area contributed by atoms with Crippen LogP contribution in [0.2, 0.25) is 0 Å². The standard InChI is InChI=1S/C4H9O3PS/c1-4-3-6-8(5,7-4)9-2/h4H,3H2,1-2H3. The smallest absolute Gasteiger partial charge is 0.298 e. The molecule has 0 aromatic carbocycles. The molecule has 3 nitrogen and oxygen atoms in total. The molecular formula is C4H9O3PS. The van der Waals surface area contributed by atoms with Gasteiger partial charge in [0.15, 0.2) is 0 Å². The van der Waals surface area contributed by atoms with Crippen molar-refractivity contribution in [2.24, 2.45) is 0 Å². The van der Waals surface area contributed by atoms with E-state index in [1.165, 1.54) is 0 Å². The van der Waals surface area contributed by atoms with Crippen molar-refractivity contribution >= 4 is 18.2 Å². The molecule has 0 aromatic rings. The monoisotopic (exact) mass is 168 g/mol. The number of hydrogen-bond acceptors (Lipinski definition) is 4. The van der Waals surface area contributed by atoms with E-state index < -0.39 is 6.80 Å². The third kappa shape index (κ3) is 1.71. The second-order valence-corrected chi connectivity index (χ2v) is 6.01. The summed E-state index contributed by atoms with van der Waals surface area (Å²) in [7, 11) is 0. The van der Waals surface area contributed by atoms with Crippen molar-refractivity contribution in [2.45, 2.75) is 13.0 Å². The van der Waals surface area contributed by atoms with E-state index >= 15 is 0 Å². The lowest BCUT2D eigenvalue weighted by atomic mass is 10.5. The van der Waals surface area contributed by atoms with Crippen LogP contribution in [0.15, 0.2) is 0 Å². The second-order valence-electron chi connectivity index (χ2n) is 1.84. The van der Waals surface area contributed by atoms with Crippen molar-refractivity contribution in [3.8, 4) is 0 Å². The maximum atomic E-state index is 11.1. The Morgan fingerprint density at radius 2 is 2.44 bits per heavy atom. The van der Waals surface area contributed by atoms with Crippen molar-refractivity contribution in [1.29, 1.82) is 0 Å². The molecule has 1 fully saturated rings. The average molecular weight is 168 g/mol. The Kier molecular flexibility index (Phi) is 2.22. The fourth-order valence-corrected chi connectivity index (χ4v) is 2.92. The van der Waals surface area contributed by atoms with Crippen LogP contribution in [-0.4, -0.2) is 19.0 Å². The third-order valence-electron chi connectivity index (χ3n) is 1.00. The molecule has 1 rings (SSSR count). The molecule has 1 saturated heterocycles. The van der Waals surface area contributed by atoms with Gasteiger partial charge in [0.05, 0.1) is 12.7 Å². The first-order chi connectivity index (χ1) is 4.16. The fourth-order valence-electron chi connectivity index (χ4n) is 0.573. The van der Waals surface area contributed by atoms with Crippen molar-refractivity contribution in [2.75, 3.05) is 12.9 Å². The van der Waals surface area contributed by atoms with Gasteiger partial charge in [0.1, 0.15) is 0 Å². The van der Waals surface area contributed by atoms with Crippen LogP contribution in [0.3, 0.4) is 0 Å². The highest BCUT2D eigenvalue weighted by molar-refractivity contribution is 8.54. The molecule has 0 saturated carbocycles. The zero-order valence-electron chi connectivity index (χ0n) is 5.36. The Bertz CT molecular complexity index is 149. The molecule has 9 heavy (non-hydrogen) atoms. The van der Waals surface area contributed by atoms with Gasteiger partial charge < -0.3 is 0 Å². The lowest BCUT2D eigenvalue weighted by molar-refractivity contribution is 0.259. The van der Waals surface area contributed by atoms with Gasteiger partial charge in [-0.1, -0.05) is 0 Å². The third-order valence-corrected chi connectivity index (χ3v) is 4.45. The summed E-state index contributed by atoms with van der Waals surface area (Å²) >= 11 is 1.15. The molecule has 0 amide bonds. The summed E-state index contributed by atoms with van der Waals surface area (Å²) in [6, 6.07) is 0. The van der Waals surface area contributed by atoms with Crippen molar-refractivity contribution in [3.05, 3.63) is 0 Å². The van der Waals surface area contributed by atoms with Gasteiger partial charge in [0.25, 0.3) is 0 Å². The van der Waals surface area contributed by atoms with Gasteiger partial charge in [-0.2, -0.15) is 0 Å². The van der Waals surface area contributed by atoms with Gasteiger partial charge in [0.2, 0.25) is 0 Å². The zero-order valence-corrected chi connectivity index (χ0v) is 7.08. The molecule has 1 aliphatic rings. The largest absolute Gasteiger partial charge is 0.389 e. The minimum Gasteiger partial charge on any atom is -0.298 e. The summed E-state index contributed by atoms with van der Waals surface area (Å²) in [4.78, 5) is 0. The van der Waals surface area contributed by atoms with Crippen LogP contribution in [0.25, 0.3) is 0 Å². The van der Waals surface area contributed by atoms with Crippen LogP contribution in [0.5, 0.6) is 0 Å². The lowest BCUT2D eigenvalue weighted by Crippen LogP contribution is -1.99. The van der Waals surface area contributed by atoms with Gasteiger partial charge in [-0.25, -0.2) is 4.57 Å². The van der Waals surface area contributed by atoms with Gasteiger partial charge in [0, 0.05) is 0 Å². The Morgan fingerprint density at radius 3 is 2.67 bits per heavy atom. The highest BCUT2D eigenvalue weighted by Gasteiger charge is 2.33. The molecule has 2 atom stereocenters. The second kappa shape index (κ2) is 2.62. The molecule has 0 bridgehead atoms. The molecule has 0 N–H and O–H groups in total. The van der Waals surface area contributed by atoms with Gasteiger partial charge in [-0.05, 0) is 24.6 Å². The molecule has 1 heterocycles. The van der Waals surface area contributed by atoms with Crippen LogP contribution in [0, 0.1) is 0 Å². The van der Waals surface area contributed by atoms with Crippen molar-refractivity contribution in [1.82, 2.24) is 0 Å². The topological polar surface area (TPSA) is 35.5 Å². The van der Waals surface area contributed by atoms with Gasteiger partial charge in [-0.15, -0.1) is 0 Å². The molecule has 0 radical (unpaired) electrons. The molecule has 0 aromatic heterocycles. The van der Waals surface area contributed by atoms with E-state index in [9.17, 15) is 4.57 Å². The Labute approximate surface area is 58.4 Å². The normalized spacial score (nSPS) is 43.6. The Morgan fingerprint density at radius 1 is 1.78 bits per heavy atom. The van der Waals surface area contributed by atoms with E-state index in [4.69, 9.17) is 9.05 Å². The highest BCUT2D eigenvalue weighted by atomic mass is 32.7. The van der Waals surface area contributed by atoms with E-state index in [2.05, 4.69) is 0 Å². The van der Waals surface area contributed by atoms with Crippen LogP contribution < -0.4 is 0 Å². The predicted octanol–water partition coefficient (Wildman–Crippen LogP) is 1.89. The minimum atomic E-state index is -2.69. The first kappa shape index (κ1) is 7.61. The molecule has 0 spiro atoms. The maximum Gasteiger partial charge on any atom is 0.389 e. The van der Waals surface area contributed by atoms with E-state index in [-0.39, 0.29) is 6.10 Å². The SMILES string of the molecule is CSP1(=O)OCC(C)O1. The predicted molar refractivity (Wildman–Crippen MR) is 37.6 cm³/mol. The van der Waals surface area contributed by atoms with E-state index in [0.29, 0.717) is 6.61 Å². The molecule has 54 valence electrons. The molecule has 0 aliphatic carbocycles. The summed E-state index contributed by atoms with van der Waals surface area (Å²) in [6.07, 6.45) is 1.71. The van der Waals surface area contributed by atoms with Crippen LogP contribution in [0.1, 0.15) is 6.92 Å². The lowest BCUT2D eigenvalue weighted by Gasteiger charge is -2.03. The fraction of sp³-hybridized carbons (Fsp3) is 1.00. The van der Waals surface area contributed by atoms with Crippen LogP contribution >= 0.6 is 18.2 Å². The van der Waals surface area contributed by atoms with Crippen LogP contribution in [0.4, 0.5) is 0 Å². The van der Waals surface area contributed by atoms with E-state index in [1.807, 2.05) is 6.92 Å². The minimum absolute atomic E-state index is 0.0108. The summed E-state index contributed by atoms with van der Waals surface area (Å²) in [5.41, 5.74) is 0. The summed E-state index contributed by atoms with van der Waals surface area (Å²) in [6.45, 7) is -0.391. The quantitative estimate of drug-likeness (QED) is 0.560. The summed E-state index contributed by atoms with van der Waals surface area (Å²) in [5, 5.41) is 0. The van der Waals surface area contributed by atoms with E-state index in [1.54, 1.807) is 6.26 Å². The summed E-state index contributed by atoms with van der Waals surface area (Å²) in [5.74, 6) is 0. The first-order valence-corrected chi connectivity index (χ1v) is 6.02. The highest BCUT2D eigenvalue weighted by Crippen LogP contribution is 2.63. The summed E-state index contributed by atoms with van der Waals surface area (Å²) < 4.78 is 21.0. The molecule has 5 heteroatoms. The van der Waals surface area contributed by atoms with E-state index in [0.717, 1.165) is 11.4 Å². The van der Waals surface area contributed by atoms with Crippen molar-refractivity contribution < 1.29 is 13.6 Å². The maximum absolute atomic E-state index is 11.1. The molecular weight excluding hydrogens is 159 g/mol. The number of rotatable bonds is 1. The van der Waals surface area contributed by atoms with Gasteiger partial charge >= 0.3 is 6.80 Å². The van der Waals surface area contributed by atoms with Crippen LogP contribution in [-0.2, 0) is 13.6 Å². The van der Waals surface area contributed by atoms with Crippen molar-refractivity contribution in [3.63, 3.8) is 0 Å². The molecule has 1 aliphatic heterocycles. The Balaban J connectivity index is 2.55. The molecule has 2 unspecified atom stereocenters. The number of hydrogen-bond donors (Lipinski definition) is 0. The average Bonchev–Trinajstić information content (AvgIpc) is 2.13.